The van der Waals surface area contributed by atoms with Crippen molar-refractivity contribution >= 4 is 22.7 Å². The maximum Gasteiger partial charge on any atom is 0.225 e. The number of ether oxygens (including phenoxy) is 1. The van der Waals surface area contributed by atoms with Crippen LogP contribution in [-0.4, -0.2) is 17.1 Å². The number of anilines is 2. The molecule has 0 saturated heterocycles. The number of aromatic nitrogens is 2. The second-order valence-corrected chi connectivity index (χ2v) is 6.45. The predicted octanol–water partition coefficient (Wildman–Crippen LogP) is 4.86. The van der Waals surface area contributed by atoms with Crippen LogP contribution >= 0.6 is 0 Å². The Morgan fingerprint density at radius 2 is 1.39 bits per heavy atom. The Morgan fingerprint density at radius 1 is 0.714 bits per heavy atom. The van der Waals surface area contributed by atoms with Crippen LogP contribution in [0.25, 0.3) is 10.9 Å². The predicted molar refractivity (Wildman–Crippen MR) is 114 cm³/mol. The zero-order valence-electron chi connectivity index (χ0n) is 15.7. The molecule has 0 bridgehead atoms. The summed E-state index contributed by atoms with van der Waals surface area (Å²) in [5.41, 5.74) is 3.25. The van der Waals surface area contributed by atoms with E-state index in [0.717, 1.165) is 28.0 Å². The summed E-state index contributed by atoms with van der Waals surface area (Å²) < 4.78 is 5.22. The Labute approximate surface area is 164 Å². The number of para-hydroxylation sites is 1. The van der Waals surface area contributed by atoms with Crippen LogP contribution in [0.2, 0.25) is 0 Å². The molecule has 5 nitrogen and oxygen atoms in total. The quantitative estimate of drug-likeness (QED) is 0.486. The van der Waals surface area contributed by atoms with Gasteiger partial charge in [-0.1, -0.05) is 54.6 Å². The van der Waals surface area contributed by atoms with Crippen LogP contribution < -0.4 is 15.4 Å². The number of nitrogens with one attached hydrogen (secondary N) is 2. The molecular formula is C23H22N4O. The molecule has 5 heteroatoms. The number of hydrogen-bond donors (Lipinski definition) is 2. The van der Waals surface area contributed by atoms with Gasteiger partial charge >= 0.3 is 0 Å². The van der Waals surface area contributed by atoms with Crippen molar-refractivity contribution in [1.82, 2.24) is 9.97 Å². The lowest BCUT2D eigenvalue weighted by atomic mass is 10.2. The van der Waals surface area contributed by atoms with Gasteiger partial charge in [-0.3, -0.25) is 0 Å². The average molecular weight is 370 g/mol. The van der Waals surface area contributed by atoms with Crippen molar-refractivity contribution in [2.75, 3.05) is 17.7 Å². The van der Waals surface area contributed by atoms with Crippen LogP contribution in [0.15, 0.2) is 78.9 Å². The molecule has 0 atom stereocenters. The Morgan fingerprint density at radius 3 is 2.18 bits per heavy atom. The molecule has 0 aliphatic rings. The van der Waals surface area contributed by atoms with E-state index in [1.165, 1.54) is 5.56 Å². The van der Waals surface area contributed by atoms with Crippen molar-refractivity contribution in [3.05, 3.63) is 90.0 Å². The molecule has 0 unspecified atom stereocenters. The number of methoxy groups -OCH3 is 1. The fourth-order valence-corrected chi connectivity index (χ4v) is 3.00. The van der Waals surface area contributed by atoms with E-state index >= 15 is 0 Å². The first-order valence-electron chi connectivity index (χ1n) is 9.23. The largest absolute Gasteiger partial charge is 0.497 e. The van der Waals surface area contributed by atoms with Crippen molar-refractivity contribution in [3.8, 4) is 5.75 Å². The third kappa shape index (κ3) is 4.20. The second-order valence-electron chi connectivity index (χ2n) is 6.45. The highest BCUT2D eigenvalue weighted by atomic mass is 16.5. The van der Waals surface area contributed by atoms with Crippen LogP contribution in [0.3, 0.4) is 0 Å². The van der Waals surface area contributed by atoms with Gasteiger partial charge in [0.15, 0.2) is 0 Å². The summed E-state index contributed by atoms with van der Waals surface area (Å²) >= 11 is 0. The van der Waals surface area contributed by atoms with Crippen LogP contribution in [0.1, 0.15) is 11.1 Å². The van der Waals surface area contributed by atoms with Crippen molar-refractivity contribution in [3.63, 3.8) is 0 Å². The summed E-state index contributed by atoms with van der Waals surface area (Å²) in [5.74, 6) is 2.28. The number of rotatable bonds is 7. The van der Waals surface area contributed by atoms with Crippen molar-refractivity contribution in [2.24, 2.45) is 0 Å². The maximum atomic E-state index is 5.22. The average Bonchev–Trinajstić information content (AvgIpc) is 2.77. The summed E-state index contributed by atoms with van der Waals surface area (Å²) in [6.45, 7) is 1.35. The Balaban J connectivity index is 1.55. The molecule has 140 valence electrons. The molecule has 0 radical (unpaired) electrons. The molecule has 4 rings (SSSR count). The van der Waals surface area contributed by atoms with E-state index in [2.05, 4.69) is 27.8 Å². The van der Waals surface area contributed by atoms with Crippen LogP contribution in [0, 0.1) is 0 Å². The van der Waals surface area contributed by atoms with E-state index in [4.69, 9.17) is 9.72 Å². The zero-order chi connectivity index (χ0) is 19.2. The van der Waals surface area contributed by atoms with Gasteiger partial charge in [0.05, 0.1) is 12.6 Å². The highest BCUT2D eigenvalue weighted by molar-refractivity contribution is 5.90. The normalized spacial score (nSPS) is 10.6. The molecule has 28 heavy (non-hydrogen) atoms. The number of nitrogens with zero attached hydrogens (tertiary/aromatic N) is 2. The van der Waals surface area contributed by atoms with E-state index < -0.39 is 0 Å². The van der Waals surface area contributed by atoms with Crippen LogP contribution in [-0.2, 0) is 13.1 Å². The van der Waals surface area contributed by atoms with E-state index in [-0.39, 0.29) is 0 Å². The van der Waals surface area contributed by atoms with Gasteiger partial charge in [-0.25, -0.2) is 4.98 Å². The minimum absolute atomic E-state index is 0.611. The first kappa shape index (κ1) is 17.8. The maximum absolute atomic E-state index is 5.22. The molecule has 4 aromatic rings. The highest BCUT2D eigenvalue weighted by Crippen LogP contribution is 2.23. The lowest BCUT2D eigenvalue weighted by Crippen LogP contribution is -2.08. The Bertz CT molecular complexity index is 1050. The molecule has 1 heterocycles. The number of fused-ring (bicyclic) bond motifs is 1. The molecule has 0 amide bonds. The van der Waals surface area contributed by atoms with Gasteiger partial charge in [-0.15, -0.1) is 0 Å². The van der Waals surface area contributed by atoms with Crippen molar-refractivity contribution in [1.29, 1.82) is 0 Å². The monoisotopic (exact) mass is 370 g/mol. The SMILES string of the molecule is COc1ccc(CNc2nc(NCc3ccccc3)nc3ccccc23)cc1. The fourth-order valence-electron chi connectivity index (χ4n) is 3.00. The van der Waals surface area contributed by atoms with Gasteiger partial charge < -0.3 is 15.4 Å². The summed E-state index contributed by atoms with van der Waals surface area (Å²) in [4.78, 5) is 9.36. The molecule has 0 fully saturated rings. The summed E-state index contributed by atoms with van der Waals surface area (Å²) in [5, 5.41) is 7.78. The van der Waals surface area contributed by atoms with E-state index in [1.807, 2.05) is 66.7 Å². The first-order chi connectivity index (χ1) is 13.8. The van der Waals surface area contributed by atoms with Gasteiger partial charge in [-0.05, 0) is 35.4 Å². The lowest BCUT2D eigenvalue weighted by Gasteiger charge is -2.12. The van der Waals surface area contributed by atoms with Crippen LogP contribution in [0.4, 0.5) is 11.8 Å². The van der Waals surface area contributed by atoms with E-state index in [1.54, 1.807) is 7.11 Å². The molecule has 3 aromatic carbocycles. The summed E-state index contributed by atoms with van der Waals surface area (Å²) in [6.07, 6.45) is 0. The third-order valence-corrected chi connectivity index (χ3v) is 4.52. The van der Waals surface area contributed by atoms with Gasteiger partial charge in [-0.2, -0.15) is 4.98 Å². The van der Waals surface area contributed by atoms with Gasteiger partial charge in [0.2, 0.25) is 5.95 Å². The molecule has 0 aliphatic heterocycles. The molecule has 0 saturated carbocycles. The lowest BCUT2D eigenvalue weighted by molar-refractivity contribution is 0.414. The number of benzene rings is 3. The summed E-state index contributed by atoms with van der Waals surface area (Å²) in [7, 11) is 1.67. The molecule has 0 spiro atoms. The fraction of sp³-hybridized carbons (Fsp3) is 0.130. The van der Waals surface area contributed by atoms with E-state index in [9.17, 15) is 0 Å². The third-order valence-electron chi connectivity index (χ3n) is 4.52. The molecular weight excluding hydrogens is 348 g/mol. The highest BCUT2D eigenvalue weighted by Gasteiger charge is 2.07. The molecule has 0 aliphatic carbocycles. The minimum Gasteiger partial charge on any atom is -0.497 e. The number of hydrogen-bond acceptors (Lipinski definition) is 5. The Kier molecular flexibility index (Phi) is 5.33. The molecule has 1 aromatic heterocycles. The summed E-state index contributed by atoms with van der Waals surface area (Å²) in [6, 6.07) is 26.3. The van der Waals surface area contributed by atoms with Crippen molar-refractivity contribution < 1.29 is 4.74 Å². The standard InChI is InChI=1S/C23H22N4O/c1-28-19-13-11-18(12-14-19)15-24-22-20-9-5-6-10-21(20)26-23(27-22)25-16-17-7-3-2-4-8-17/h2-14H,15-16H2,1H3,(H2,24,25,26,27). The first-order valence-corrected chi connectivity index (χ1v) is 9.23. The van der Waals surface area contributed by atoms with Crippen molar-refractivity contribution in [2.45, 2.75) is 13.1 Å². The topological polar surface area (TPSA) is 59.1 Å². The van der Waals surface area contributed by atoms with Crippen LogP contribution in [0.5, 0.6) is 5.75 Å². The smallest absolute Gasteiger partial charge is 0.225 e. The Hall–Kier alpha value is -3.60. The van der Waals surface area contributed by atoms with Gasteiger partial charge in [0, 0.05) is 18.5 Å². The second kappa shape index (κ2) is 8.39. The molecule has 2 N–H and O–H groups in total. The van der Waals surface area contributed by atoms with Gasteiger partial charge in [0.1, 0.15) is 11.6 Å². The van der Waals surface area contributed by atoms with Gasteiger partial charge in [0.25, 0.3) is 0 Å². The van der Waals surface area contributed by atoms with E-state index in [0.29, 0.717) is 19.0 Å². The minimum atomic E-state index is 0.611. The zero-order valence-corrected chi connectivity index (χ0v) is 15.7.